The Hall–Kier alpha value is -3.06. The number of aromatic hydroxyl groups is 4. The smallest absolute Gasteiger partial charge is 0.202 e. The molecule has 3 rings (SSSR count). The zero-order valence-corrected chi connectivity index (χ0v) is 11.0. The van der Waals surface area contributed by atoms with Gasteiger partial charge in [-0.25, -0.2) is 0 Å². The van der Waals surface area contributed by atoms with Crippen LogP contribution in [0.15, 0.2) is 18.2 Å². The van der Waals surface area contributed by atoms with Crippen LogP contribution in [0.5, 0.6) is 23.0 Å². The number of phenolic OH excluding ortho intramolecular Hbond substituents is 3. The molecule has 0 heterocycles. The summed E-state index contributed by atoms with van der Waals surface area (Å²) < 4.78 is 0. The minimum atomic E-state index is -0.862. The van der Waals surface area contributed by atoms with E-state index in [2.05, 4.69) is 0 Å². The molecule has 2 aromatic carbocycles. The van der Waals surface area contributed by atoms with E-state index in [9.17, 15) is 30.0 Å². The van der Waals surface area contributed by atoms with Gasteiger partial charge in [0.1, 0.15) is 23.0 Å². The summed E-state index contributed by atoms with van der Waals surface area (Å²) >= 11 is 0. The number of rotatable bonds is 1. The van der Waals surface area contributed by atoms with E-state index in [4.69, 9.17) is 5.11 Å². The number of carbonyl (C=O) groups excluding carboxylic acids is 2. The van der Waals surface area contributed by atoms with Gasteiger partial charge in [0.15, 0.2) is 5.78 Å². The molecule has 1 aliphatic rings. The van der Waals surface area contributed by atoms with Crippen molar-refractivity contribution in [2.75, 3.05) is 0 Å². The first kappa shape index (κ1) is 13.9. The van der Waals surface area contributed by atoms with Crippen LogP contribution in [0.4, 0.5) is 0 Å². The largest absolute Gasteiger partial charge is 0.508 e. The van der Waals surface area contributed by atoms with Gasteiger partial charge in [-0.3, -0.25) is 9.59 Å². The third-order valence-electron chi connectivity index (χ3n) is 3.56. The van der Waals surface area contributed by atoms with E-state index >= 15 is 0 Å². The molecule has 0 spiro atoms. The summed E-state index contributed by atoms with van der Waals surface area (Å²) in [6, 6.07) is 2.86. The van der Waals surface area contributed by atoms with E-state index in [1.54, 1.807) is 0 Å². The molecule has 0 radical (unpaired) electrons. The van der Waals surface area contributed by atoms with Gasteiger partial charge in [0, 0.05) is 17.2 Å². The van der Waals surface area contributed by atoms with Crippen LogP contribution in [0, 0.1) is 0 Å². The van der Waals surface area contributed by atoms with E-state index < -0.39 is 52.3 Å². The second-order valence-corrected chi connectivity index (χ2v) is 4.86. The molecule has 112 valence electrons. The summed E-state index contributed by atoms with van der Waals surface area (Å²) in [6.07, 6.45) is 0. The highest BCUT2D eigenvalue weighted by Crippen LogP contribution is 2.43. The van der Waals surface area contributed by atoms with Gasteiger partial charge in [-0.15, -0.1) is 0 Å². The minimum absolute atomic E-state index is 0.120. The molecule has 0 bridgehead atoms. The average molecular weight is 302 g/mol. The van der Waals surface area contributed by atoms with Crippen LogP contribution < -0.4 is 0 Å². The molecular formula is C15H10O7. The number of hydrogen-bond acceptors (Lipinski definition) is 7. The highest BCUT2D eigenvalue weighted by atomic mass is 16.3. The van der Waals surface area contributed by atoms with E-state index in [1.165, 1.54) is 0 Å². The first-order valence-corrected chi connectivity index (χ1v) is 6.20. The number of aliphatic hydroxyl groups is 1. The van der Waals surface area contributed by atoms with Crippen molar-refractivity contribution >= 4 is 11.6 Å². The summed E-state index contributed by atoms with van der Waals surface area (Å²) in [5.41, 5.74) is -1.69. The predicted molar refractivity (Wildman–Crippen MR) is 72.3 cm³/mol. The van der Waals surface area contributed by atoms with E-state index in [1.807, 2.05) is 0 Å². The molecule has 0 unspecified atom stereocenters. The fraction of sp³-hybridized carbons (Fsp3) is 0.0667. The summed E-state index contributed by atoms with van der Waals surface area (Å²) in [5, 5.41) is 48.4. The fourth-order valence-corrected chi connectivity index (χ4v) is 2.57. The number of fused-ring (bicyclic) bond motifs is 2. The van der Waals surface area contributed by atoms with Gasteiger partial charge in [0.25, 0.3) is 0 Å². The molecule has 0 aromatic heterocycles. The highest BCUT2D eigenvalue weighted by Gasteiger charge is 2.37. The van der Waals surface area contributed by atoms with Crippen LogP contribution in [0.1, 0.15) is 37.4 Å². The van der Waals surface area contributed by atoms with Crippen LogP contribution in [-0.4, -0.2) is 37.1 Å². The first-order chi connectivity index (χ1) is 10.4. The summed E-state index contributed by atoms with van der Waals surface area (Å²) in [4.78, 5) is 24.9. The predicted octanol–water partition coefficient (Wildman–Crippen LogP) is 0.777. The zero-order chi connectivity index (χ0) is 16.2. The molecule has 0 amide bonds. The molecule has 0 saturated heterocycles. The Labute approximate surface area is 123 Å². The molecular weight excluding hydrogens is 292 g/mol. The van der Waals surface area contributed by atoms with E-state index in [-0.39, 0.29) is 16.7 Å². The lowest BCUT2D eigenvalue weighted by molar-refractivity contribution is 0.0971. The maximum Gasteiger partial charge on any atom is 0.202 e. The van der Waals surface area contributed by atoms with Crippen LogP contribution in [0.25, 0.3) is 0 Å². The van der Waals surface area contributed by atoms with Crippen LogP contribution in [0.2, 0.25) is 0 Å². The van der Waals surface area contributed by atoms with Gasteiger partial charge >= 0.3 is 0 Å². The number of ketones is 2. The van der Waals surface area contributed by atoms with Gasteiger partial charge in [0.2, 0.25) is 5.78 Å². The van der Waals surface area contributed by atoms with Gasteiger partial charge < -0.3 is 25.5 Å². The number of benzene rings is 2. The van der Waals surface area contributed by atoms with Gasteiger partial charge in [-0.2, -0.15) is 0 Å². The lowest BCUT2D eigenvalue weighted by Crippen LogP contribution is -2.22. The van der Waals surface area contributed by atoms with Gasteiger partial charge in [-0.1, -0.05) is 0 Å². The molecule has 2 aromatic rings. The normalized spacial score (nSPS) is 13.0. The lowest BCUT2D eigenvalue weighted by Gasteiger charge is -2.21. The maximum absolute atomic E-state index is 12.5. The van der Waals surface area contributed by atoms with E-state index in [0.717, 1.165) is 18.2 Å². The molecule has 0 aliphatic heterocycles. The second-order valence-electron chi connectivity index (χ2n) is 4.86. The minimum Gasteiger partial charge on any atom is -0.508 e. The second kappa shape index (κ2) is 4.47. The molecule has 5 N–H and O–H groups in total. The standard InChI is InChI=1S/C15H10O7/c16-4-5-1-8(18)11-12(13(5)20)14(21)7-2-6(17)3-9(19)10(7)15(11)22/h1-3,16-20H,4H2. The van der Waals surface area contributed by atoms with Crippen molar-refractivity contribution in [3.63, 3.8) is 0 Å². The van der Waals surface area contributed by atoms with Crippen molar-refractivity contribution in [1.82, 2.24) is 0 Å². The summed E-state index contributed by atoms with van der Waals surface area (Å²) in [6.45, 7) is -0.647. The van der Waals surface area contributed by atoms with E-state index in [0.29, 0.717) is 0 Å². The first-order valence-electron chi connectivity index (χ1n) is 6.20. The summed E-state index contributed by atoms with van der Waals surface area (Å²) in [5.74, 6) is -3.96. The van der Waals surface area contributed by atoms with Crippen molar-refractivity contribution < 1.29 is 35.1 Å². The van der Waals surface area contributed by atoms with Crippen molar-refractivity contribution in [2.24, 2.45) is 0 Å². The number of hydrogen-bond donors (Lipinski definition) is 5. The Morgan fingerprint density at radius 2 is 1.41 bits per heavy atom. The zero-order valence-electron chi connectivity index (χ0n) is 11.0. The topological polar surface area (TPSA) is 135 Å². The molecule has 22 heavy (non-hydrogen) atoms. The fourth-order valence-electron chi connectivity index (χ4n) is 2.57. The molecule has 0 atom stereocenters. The number of phenols is 4. The Bertz CT molecular complexity index is 852. The molecule has 0 saturated carbocycles. The van der Waals surface area contributed by atoms with Crippen LogP contribution in [-0.2, 0) is 6.61 Å². The van der Waals surface area contributed by atoms with Gasteiger partial charge in [-0.05, 0) is 12.1 Å². The molecule has 7 nitrogen and oxygen atoms in total. The number of aliphatic hydroxyl groups excluding tert-OH is 1. The summed E-state index contributed by atoms with van der Waals surface area (Å²) in [7, 11) is 0. The third-order valence-corrected chi connectivity index (χ3v) is 3.56. The van der Waals surface area contributed by atoms with Crippen LogP contribution in [0.3, 0.4) is 0 Å². The Morgan fingerprint density at radius 1 is 0.773 bits per heavy atom. The Balaban J connectivity index is 2.41. The Kier molecular flexibility index (Phi) is 2.82. The quantitative estimate of drug-likeness (QED) is 0.419. The van der Waals surface area contributed by atoms with Crippen molar-refractivity contribution in [2.45, 2.75) is 6.61 Å². The highest BCUT2D eigenvalue weighted by molar-refractivity contribution is 6.31. The lowest BCUT2D eigenvalue weighted by atomic mass is 9.81. The molecule has 7 heteroatoms. The molecule has 1 aliphatic carbocycles. The van der Waals surface area contributed by atoms with Crippen LogP contribution >= 0.6 is 0 Å². The monoisotopic (exact) mass is 302 g/mol. The third kappa shape index (κ3) is 1.66. The van der Waals surface area contributed by atoms with Crippen molar-refractivity contribution in [3.8, 4) is 23.0 Å². The van der Waals surface area contributed by atoms with Gasteiger partial charge in [0.05, 0.1) is 23.3 Å². The maximum atomic E-state index is 12.5. The molecule has 0 fully saturated rings. The Morgan fingerprint density at radius 3 is 2.05 bits per heavy atom. The SMILES string of the molecule is O=C1c2c(O)cc(O)cc2C(=O)c2c(O)c(CO)cc(O)c21. The van der Waals surface area contributed by atoms with Crippen molar-refractivity contribution in [3.05, 3.63) is 46.0 Å². The average Bonchev–Trinajstić information content (AvgIpc) is 2.45. The number of carbonyl (C=O) groups is 2. The van der Waals surface area contributed by atoms with Crippen molar-refractivity contribution in [1.29, 1.82) is 0 Å².